The number of carbonyl (C=O) groups is 1. The zero-order valence-electron chi connectivity index (χ0n) is 14.0. The summed E-state index contributed by atoms with van der Waals surface area (Å²) in [5, 5.41) is 0. The lowest BCUT2D eigenvalue weighted by Crippen LogP contribution is -2.14. The number of rotatable bonds is 11. The quantitative estimate of drug-likeness (QED) is 0.453. The van der Waals surface area contributed by atoms with Crippen LogP contribution in [0.25, 0.3) is 0 Å². The number of hydrogen-bond acceptors (Lipinski definition) is 4. The van der Waals surface area contributed by atoms with Crippen LogP contribution in [-0.2, 0) is 9.53 Å². The fraction of sp³-hybridized carbons (Fsp3) is 0.611. The molecule has 0 fully saturated rings. The van der Waals surface area contributed by atoms with Crippen molar-refractivity contribution >= 4 is 5.97 Å². The van der Waals surface area contributed by atoms with Gasteiger partial charge in [0.25, 0.3) is 0 Å². The Morgan fingerprint density at radius 2 is 1.68 bits per heavy atom. The monoisotopic (exact) mass is 308 g/mol. The van der Waals surface area contributed by atoms with Crippen LogP contribution in [0, 0.1) is 5.92 Å². The van der Waals surface area contributed by atoms with E-state index in [0.29, 0.717) is 6.61 Å². The maximum absolute atomic E-state index is 11.5. The molecule has 0 saturated carbocycles. The molecule has 1 rings (SSSR count). The van der Waals surface area contributed by atoms with Gasteiger partial charge in [-0.15, -0.1) is 0 Å². The smallest absolute Gasteiger partial charge is 0.308 e. The van der Waals surface area contributed by atoms with Gasteiger partial charge in [0.1, 0.15) is 11.5 Å². The average molecular weight is 308 g/mol. The van der Waals surface area contributed by atoms with Crippen LogP contribution in [0.3, 0.4) is 0 Å². The first-order chi connectivity index (χ1) is 10.7. The summed E-state index contributed by atoms with van der Waals surface area (Å²) in [7, 11) is 1.65. The van der Waals surface area contributed by atoms with Gasteiger partial charge < -0.3 is 14.2 Å². The normalized spacial score (nSPS) is 11.8. The first-order valence-electron chi connectivity index (χ1n) is 8.10. The second-order valence-corrected chi connectivity index (χ2v) is 5.38. The summed E-state index contributed by atoms with van der Waals surface area (Å²) in [5.74, 6) is 1.64. The van der Waals surface area contributed by atoms with Gasteiger partial charge in [-0.2, -0.15) is 0 Å². The first kappa shape index (κ1) is 18.3. The van der Waals surface area contributed by atoms with Gasteiger partial charge in [-0.05, 0) is 44.0 Å². The minimum atomic E-state index is -0.0784. The number of hydrogen-bond donors (Lipinski definition) is 0. The van der Waals surface area contributed by atoms with Gasteiger partial charge in [-0.1, -0.05) is 26.2 Å². The summed E-state index contributed by atoms with van der Waals surface area (Å²) in [6.07, 6.45) is 5.22. The highest BCUT2D eigenvalue weighted by Gasteiger charge is 2.12. The van der Waals surface area contributed by atoms with Gasteiger partial charge in [0, 0.05) is 0 Å². The lowest BCUT2D eigenvalue weighted by atomic mass is 10.0. The Kier molecular flexibility index (Phi) is 9.12. The molecular weight excluding hydrogens is 280 g/mol. The van der Waals surface area contributed by atoms with Crippen molar-refractivity contribution in [1.82, 2.24) is 0 Å². The van der Waals surface area contributed by atoms with Gasteiger partial charge in [0.2, 0.25) is 0 Å². The van der Waals surface area contributed by atoms with Crippen molar-refractivity contribution in [1.29, 1.82) is 0 Å². The molecule has 1 atom stereocenters. The SMILES string of the molecule is CCOC(=O)C(C)CCCCCCOc1ccc(OC)cc1. The van der Waals surface area contributed by atoms with E-state index in [9.17, 15) is 4.79 Å². The Hall–Kier alpha value is -1.71. The third-order valence-electron chi connectivity index (χ3n) is 3.55. The molecule has 0 aliphatic rings. The molecule has 22 heavy (non-hydrogen) atoms. The maximum Gasteiger partial charge on any atom is 0.308 e. The molecule has 0 N–H and O–H groups in total. The van der Waals surface area contributed by atoms with Gasteiger partial charge in [0.15, 0.2) is 0 Å². The third-order valence-corrected chi connectivity index (χ3v) is 3.55. The van der Waals surface area contributed by atoms with Crippen molar-refractivity contribution in [2.45, 2.75) is 46.0 Å². The van der Waals surface area contributed by atoms with Gasteiger partial charge in [-0.3, -0.25) is 4.79 Å². The van der Waals surface area contributed by atoms with Gasteiger partial charge in [-0.25, -0.2) is 0 Å². The Bertz CT molecular complexity index is 414. The third kappa shape index (κ3) is 7.34. The summed E-state index contributed by atoms with van der Waals surface area (Å²) in [6, 6.07) is 7.62. The Morgan fingerprint density at radius 3 is 2.32 bits per heavy atom. The highest BCUT2D eigenvalue weighted by Crippen LogP contribution is 2.17. The molecule has 0 aliphatic heterocycles. The van der Waals surface area contributed by atoms with E-state index in [4.69, 9.17) is 14.2 Å². The van der Waals surface area contributed by atoms with Crippen molar-refractivity contribution in [3.05, 3.63) is 24.3 Å². The van der Waals surface area contributed by atoms with Crippen LogP contribution >= 0.6 is 0 Å². The lowest BCUT2D eigenvalue weighted by Gasteiger charge is -2.10. The summed E-state index contributed by atoms with van der Waals surface area (Å²) in [5.41, 5.74) is 0. The topological polar surface area (TPSA) is 44.8 Å². The Morgan fingerprint density at radius 1 is 1.05 bits per heavy atom. The van der Waals surface area contributed by atoms with Crippen molar-refractivity contribution in [2.75, 3.05) is 20.3 Å². The summed E-state index contributed by atoms with van der Waals surface area (Å²) in [6.45, 7) is 4.96. The number of unbranched alkanes of at least 4 members (excludes halogenated alkanes) is 3. The Balaban J connectivity index is 2.02. The predicted molar refractivity (Wildman–Crippen MR) is 87.4 cm³/mol. The molecule has 4 nitrogen and oxygen atoms in total. The molecule has 4 heteroatoms. The van der Waals surface area contributed by atoms with Crippen LogP contribution in [0.1, 0.15) is 46.0 Å². The molecule has 1 unspecified atom stereocenters. The van der Waals surface area contributed by atoms with E-state index in [2.05, 4.69) is 0 Å². The standard InChI is InChI=1S/C18H28O4/c1-4-21-18(19)15(2)9-7-5-6-8-14-22-17-12-10-16(20-3)11-13-17/h10-13,15H,4-9,14H2,1-3H3. The Labute approximate surface area is 133 Å². The summed E-state index contributed by atoms with van der Waals surface area (Å²) < 4.78 is 15.8. The van der Waals surface area contributed by atoms with Crippen LogP contribution in [0.2, 0.25) is 0 Å². The highest BCUT2D eigenvalue weighted by molar-refractivity contribution is 5.71. The number of esters is 1. The fourth-order valence-electron chi connectivity index (χ4n) is 2.17. The fourth-order valence-corrected chi connectivity index (χ4v) is 2.17. The average Bonchev–Trinajstić information content (AvgIpc) is 2.54. The molecule has 0 bridgehead atoms. The van der Waals surface area contributed by atoms with Crippen molar-refractivity contribution in [3.63, 3.8) is 0 Å². The van der Waals surface area contributed by atoms with Crippen molar-refractivity contribution < 1.29 is 19.0 Å². The summed E-state index contributed by atoms with van der Waals surface area (Å²) >= 11 is 0. The van der Waals surface area contributed by atoms with Crippen LogP contribution < -0.4 is 9.47 Å². The molecule has 0 radical (unpaired) electrons. The maximum atomic E-state index is 11.5. The second-order valence-electron chi connectivity index (χ2n) is 5.38. The molecule has 0 heterocycles. The van der Waals surface area contributed by atoms with E-state index in [1.807, 2.05) is 38.1 Å². The van der Waals surface area contributed by atoms with Crippen LogP contribution in [0.15, 0.2) is 24.3 Å². The molecule has 0 spiro atoms. The van der Waals surface area contributed by atoms with Gasteiger partial charge in [0.05, 0.1) is 26.2 Å². The van der Waals surface area contributed by atoms with Crippen LogP contribution in [-0.4, -0.2) is 26.3 Å². The van der Waals surface area contributed by atoms with E-state index in [0.717, 1.165) is 50.2 Å². The molecular formula is C18H28O4. The minimum Gasteiger partial charge on any atom is -0.497 e. The number of benzene rings is 1. The number of ether oxygens (including phenoxy) is 3. The van der Waals surface area contributed by atoms with E-state index >= 15 is 0 Å². The van der Waals surface area contributed by atoms with Crippen molar-refractivity contribution in [3.8, 4) is 11.5 Å². The zero-order chi connectivity index (χ0) is 16.2. The van der Waals surface area contributed by atoms with E-state index in [-0.39, 0.29) is 11.9 Å². The number of methoxy groups -OCH3 is 1. The second kappa shape index (κ2) is 10.9. The predicted octanol–water partition coefficient (Wildman–Crippen LogP) is 4.22. The molecule has 0 saturated heterocycles. The largest absolute Gasteiger partial charge is 0.497 e. The van der Waals surface area contributed by atoms with E-state index in [1.165, 1.54) is 0 Å². The van der Waals surface area contributed by atoms with Crippen LogP contribution in [0.4, 0.5) is 0 Å². The molecule has 124 valence electrons. The molecule has 1 aromatic carbocycles. The summed E-state index contributed by atoms with van der Waals surface area (Å²) in [4.78, 5) is 11.5. The minimum absolute atomic E-state index is 0.00972. The lowest BCUT2D eigenvalue weighted by molar-refractivity contribution is -0.147. The molecule has 0 aromatic heterocycles. The number of carbonyl (C=O) groups excluding carboxylic acids is 1. The molecule has 0 aliphatic carbocycles. The van der Waals surface area contributed by atoms with Crippen molar-refractivity contribution in [2.24, 2.45) is 5.92 Å². The van der Waals surface area contributed by atoms with E-state index < -0.39 is 0 Å². The van der Waals surface area contributed by atoms with Crippen LogP contribution in [0.5, 0.6) is 11.5 Å². The zero-order valence-corrected chi connectivity index (χ0v) is 14.0. The highest BCUT2D eigenvalue weighted by atomic mass is 16.5. The first-order valence-corrected chi connectivity index (χ1v) is 8.10. The van der Waals surface area contributed by atoms with Gasteiger partial charge >= 0.3 is 5.97 Å². The van der Waals surface area contributed by atoms with E-state index in [1.54, 1.807) is 7.11 Å². The molecule has 1 aromatic rings. The molecule has 0 amide bonds.